The lowest BCUT2D eigenvalue weighted by atomic mass is 10.1. The Hall–Kier alpha value is -1.90. The highest BCUT2D eigenvalue weighted by molar-refractivity contribution is 9.10. The summed E-state index contributed by atoms with van der Waals surface area (Å²) >= 11 is 3.28. The molecular formula is C19H23BrN2O4S. The number of sulfonamides is 1. The fourth-order valence-electron chi connectivity index (χ4n) is 2.67. The minimum absolute atomic E-state index is 0.151. The molecule has 1 N–H and O–H groups in total. The normalized spacial score (nSPS) is 12.6. The van der Waals surface area contributed by atoms with Crippen molar-refractivity contribution in [2.24, 2.45) is 0 Å². The Morgan fingerprint density at radius 1 is 1.19 bits per heavy atom. The molecule has 1 atom stereocenters. The Labute approximate surface area is 168 Å². The van der Waals surface area contributed by atoms with E-state index >= 15 is 0 Å². The van der Waals surface area contributed by atoms with Crippen molar-refractivity contribution in [1.29, 1.82) is 0 Å². The van der Waals surface area contributed by atoms with E-state index in [2.05, 4.69) is 21.2 Å². The molecule has 8 heteroatoms. The summed E-state index contributed by atoms with van der Waals surface area (Å²) in [6.07, 6.45) is 0. The van der Waals surface area contributed by atoms with E-state index in [0.717, 1.165) is 14.3 Å². The second-order valence-corrected chi connectivity index (χ2v) is 8.77. The number of benzene rings is 2. The predicted octanol–water partition coefficient (Wildman–Crippen LogP) is 3.35. The summed E-state index contributed by atoms with van der Waals surface area (Å²) in [5, 5.41) is 2.84. The Balaban J connectivity index is 2.11. The molecule has 0 bridgehead atoms. The van der Waals surface area contributed by atoms with Gasteiger partial charge in [-0.3, -0.25) is 4.79 Å². The summed E-state index contributed by atoms with van der Waals surface area (Å²) in [5.41, 5.74) is 0.826. The molecule has 0 radical (unpaired) electrons. The molecular weight excluding hydrogens is 432 g/mol. The molecule has 0 aromatic heterocycles. The van der Waals surface area contributed by atoms with Crippen LogP contribution in [0.3, 0.4) is 0 Å². The average Bonchev–Trinajstić information content (AvgIpc) is 2.66. The van der Waals surface area contributed by atoms with Crippen LogP contribution in [0.1, 0.15) is 25.5 Å². The summed E-state index contributed by atoms with van der Waals surface area (Å²) in [4.78, 5) is 12.6. The van der Waals surface area contributed by atoms with Crippen molar-refractivity contribution in [2.45, 2.75) is 24.8 Å². The molecule has 0 saturated carbocycles. The number of amides is 1. The van der Waals surface area contributed by atoms with Gasteiger partial charge < -0.3 is 10.1 Å². The molecule has 2 aromatic rings. The molecule has 2 rings (SSSR count). The maximum Gasteiger partial charge on any atom is 0.243 e. The Kier molecular flexibility index (Phi) is 7.41. The molecule has 0 fully saturated rings. The first-order valence-corrected chi connectivity index (χ1v) is 10.7. The lowest BCUT2D eigenvalue weighted by Gasteiger charge is -2.22. The van der Waals surface area contributed by atoms with Crippen molar-refractivity contribution in [3.05, 3.63) is 58.6 Å². The van der Waals surface area contributed by atoms with E-state index in [1.165, 1.54) is 12.1 Å². The van der Waals surface area contributed by atoms with Gasteiger partial charge in [-0.25, -0.2) is 8.42 Å². The lowest BCUT2D eigenvalue weighted by molar-refractivity contribution is -0.121. The zero-order chi connectivity index (χ0) is 20.0. The van der Waals surface area contributed by atoms with E-state index in [9.17, 15) is 13.2 Å². The number of rotatable bonds is 8. The second-order valence-electron chi connectivity index (χ2n) is 5.92. The van der Waals surface area contributed by atoms with E-state index in [-0.39, 0.29) is 29.9 Å². The van der Waals surface area contributed by atoms with Gasteiger partial charge >= 0.3 is 0 Å². The molecule has 0 heterocycles. The maximum absolute atomic E-state index is 12.8. The van der Waals surface area contributed by atoms with Gasteiger partial charge in [0.25, 0.3) is 0 Å². The molecule has 146 valence electrons. The van der Waals surface area contributed by atoms with E-state index in [4.69, 9.17) is 4.74 Å². The molecule has 1 unspecified atom stereocenters. The molecule has 0 aliphatic carbocycles. The van der Waals surface area contributed by atoms with Gasteiger partial charge in [0.15, 0.2) is 0 Å². The zero-order valence-electron chi connectivity index (χ0n) is 15.5. The van der Waals surface area contributed by atoms with E-state index in [0.29, 0.717) is 5.75 Å². The molecule has 0 saturated heterocycles. The van der Waals surface area contributed by atoms with Gasteiger partial charge in [-0.05, 0) is 37.3 Å². The Morgan fingerprint density at radius 3 is 2.41 bits per heavy atom. The van der Waals surface area contributed by atoms with Gasteiger partial charge in [-0.2, -0.15) is 4.31 Å². The van der Waals surface area contributed by atoms with Crippen LogP contribution in [-0.2, 0) is 14.8 Å². The summed E-state index contributed by atoms with van der Waals surface area (Å²) in [6.45, 7) is 3.46. The first-order chi connectivity index (χ1) is 12.8. The van der Waals surface area contributed by atoms with Crippen molar-refractivity contribution in [2.75, 3.05) is 20.2 Å². The largest absolute Gasteiger partial charge is 0.496 e. The quantitative estimate of drug-likeness (QED) is 0.663. The van der Waals surface area contributed by atoms with Crippen LogP contribution >= 0.6 is 15.9 Å². The lowest BCUT2D eigenvalue weighted by Crippen LogP contribution is -2.41. The van der Waals surface area contributed by atoms with Crippen molar-refractivity contribution < 1.29 is 17.9 Å². The number of ether oxygens (including phenoxy) is 1. The maximum atomic E-state index is 12.8. The molecule has 0 aliphatic rings. The number of hydrogen-bond donors (Lipinski definition) is 1. The van der Waals surface area contributed by atoms with Gasteiger partial charge in [-0.1, -0.05) is 41.1 Å². The van der Waals surface area contributed by atoms with Crippen LogP contribution in [0.5, 0.6) is 5.75 Å². The van der Waals surface area contributed by atoms with Crippen LogP contribution in [-0.4, -0.2) is 38.8 Å². The summed E-state index contributed by atoms with van der Waals surface area (Å²) in [7, 11) is -2.18. The Morgan fingerprint density at radius 2 is 1.81 bits per heavy atom. The number of carbonyl (C=O) groups is 1. The highest BCUT2D eigenvalue weighted by Crippen LogP contribution is 2.24. The van der Waals surface area contributed by atoms with Crippen molar-refractivity contribution in [3.8, 4) is 5.75 Å². The fourth-order valence-corrected chi connectivity index (χ4v) is 4.34. The summed E-state index contributed by atoms with van der Waals surface area (Å²) in [6, 6.07) is 13.4. The van der Waals surface area contributed by atoms with Crippen molar-refractivity contribution in [1.82, 2.24) is 9.62 Å². The highest BCUT2D eigenvalue weighted by atomic mass is 79.9. The number of likely N-dealkylation sites (N-methyl/N-ethyl adjacent to an activating group) is 1. The number of halogens is 1. The monoisotopic (exact) mass is 454 g/mol. The van der Waals surface area contributed by atoms with Crippen molar-refractivity contribution in [3.63, 3.8) is 0 Å². The number of hydrogen-bond acceptors (Lipinski definition) is 4. The second kappa shape index (κ2) is 9.34. The number of nitrogens with zero attached hydrogens (tertiary/aromatic N) is 1. The summed E-state index contributed by atoms with van der Waals surface area (Å²) in [5.74, 6) is 0.288. The third-order valence-corrected chi connectivity index (χ3v) is 6.57. The van der Waals surface area contributed by atoms with Crippen LogP contribution in [0.15, 0.2) is 57.9 Å². The van der Waals surface area contributed by atoms with Gasteiger partial charge in [0, 0.05) is 16.6 Å². The van der Waals surface area contributed by atoms with Crippen LogP contribution < -0.4 is 10.1 Å². The minimum atomic E-state index is -3.75. The van der Waals surface area contributed by atoms with Crippen LogP contribution in [0.2, 0.25) is 0 Å². The zero-order valence-corrected chi connectivity index (χ0v) is 17.9. The molecule has 27 heavy (non-hydrogen) atoms. The van der Waals surface area contributed by atoms with Crippen LogP contribution in [0.4, 0.5) is 0 Å². The van der Waals surface area contributed by atoms with E-state index in [1.54, 1.807) is 26.2 Å². The smallest absolute Gasteiger partial charge is 0.243 e. The first kappa shape index (κ1) is 21.4. The average molecular weight is 455 g/mol. The minimum Gasteiger partial charge on any atom is -0.496 e. The predicted molar refractivity (Wildman–Crippen MR) is 108 cm³/mol. The molecule has 6 nitrogen and oxygen atoms in total. The number of para-hydroxylation sites is 1. The van der Waals surface area contributed by atoms with Crippen molar-refractivity contribution >= 4 is 31.9 Å². The molecule has 1 amide bonds. The van der Waals surface area contributed by atoms with Crippen LogP contribution in [0.25, 0.3) is 0 Å². The molecule has 0 aliphatic heterocycles. The third kappa shape index (κ3) is 5.31. The van der Waals surface area contributed by atoms with Gasteiger partial charge in [0.05, 0.1) is 24.6 Å². The number of carbonyl (C=O) groups excluding carboxylic acids is 1. The van der Waals surface area contributed by atoms with Crippen LogP contribution in [0, 0.1) is 0 Å². The van der Waals surface area contributed by atoms with E-state index in [1.807, 2.05) is 31.2 Å². The summed E-state index contributed by atoms with van der Waals surface area (Å²) < 4.78 is 32.8. The van der Waals surface area contributed by atoms with Gasteiger partial charge in [0.2, 0.25) is 15.9 Å². The Bertz CT molecular complexity index is 885. The third-order valence-electron chi connectivity index (χ3n) is 4.11. The molecule has 2 aromatic carbocycles. The standard InChI is InChI=1S/C19H23BrN2O4S/c1-4-22(27(24,25)16-11-9-15(20)10-12-16)13-19(23)21-14(2)17-7-5-6-8-18(17)26-3/h5-12,14H,4,13H2,1-3H3,(H,21,23). The number of methoxy groups -OCH3 is 1. The number of nitrogens with one attached hydrogen (secondary N) is 1. The topological polar surface area (TPSA) is 75.7 Å². The van der Waals surface area contributed by atoms with Gasteiger partial charge in [0.1, 0.15) is 5.75 Å². The molecule has 0 spiro atoms. The SMILES string of the molecule is CCN(CC(=O)NC(C)c1ccccc1OC)S(=O)(=O)c1ccc(Br)cc1. The first-order valence-electron chi connectivity index (χ1n) is 8.47. The fraction of sp³-hybridized carbons (Fsp3) is 0.316. The highest BCUT2D eigenvalue weighted by Gasteiger charge is 2.26. The van der Waals surface area contributed by atoms with Gasteiger partial charge in [-0.15, -0.1) is 0 Å². The van der Waals surface area contributed by atoms with E-state index < -0.39 is 10.0 Å².